The predicted molar refractivity (Wildman–Crippen MR) is 110 cm³/mol. The number of benzene rings is 1. The first kappa shape index (κ1) is 23.0. The zero-order chi connectivity index (χ0) is 24.7. The summed E-state index contributed by atoms with van der Waals surface area (Å²) in [6.45, 7) is 1.33. The third kappa shape index (κ3) is 4.63. The second-order valence-corrected chi connectivity index (χ2v) is 7.87. The maximum Gasteiger partial charge on any atom is 0.433 e. The summed E-state index contributed by atoms with van der Waals surface area (Å²) in [6.07, 6.45) is -3.38. The van der Waals surface area contributed by atoms with Gasteiger partial charge in [0.1, 0.15) is 30.1 Å². The molecule has 0 spiro atoms. The van der Waals surface area contributed by atoms with Gasteiger partial charge in [-0.05, 0) is 30.2 Å². The van der Waals surface area contributed by atoms with Crippen LogP contribution >= 0.6 is 0 Å². The fraction of sp³-hybridized carbons (Fsp3) is 0.318. The number of halogens is 5. The van der Waals surface area contributed by atoms with E-state index in [0.717, 1.165) is 30.8 Å². The van der Waals surface area contributed by atoms with E-state index >= 15 is 0 Å². The van der Waals surface area contributed by atoms with Gasteiger partial charge >= 0.3 is 11.9 Å². The lowest BCUT2D eigenvalue weighted by atomic mass is 10.2. The zero-order valence-electron chi connectivity index (χ0n) is 17.9. The van der Waals surface area contributed by atoms with Crippen molar-refractivity contribution in [2.75, 3.05) is 18.1 Å². The van der Waals surface area contributed by atoms with Crippen LogP contribution in [0.5, 0.6) is 17.4 Å². The second-order valence-electron chi connectivity index (χ2n) is 7.87. The first-order valence-electron chi connectivity index (χ1n) is 10.5. The Kier molecular flexibility index (Phi) is 5.79. The van der Waals surface area contributed by atoms with Gasteiger partial charge in [-0.3, -0.25) is 9.55 Å². The number of rotatable bonds is 5. The van der Waals surface area contributed by atoms with Crippen LogP contribution in [0.3, 0.4) is 0 Å². The minimum atomic E-state index is -4.74. The molecule has 3 aromatic rings. The summed E-state index contributed by atoms with van der Waals surface area (Å²) in [5.74, 6) is -3.05. The van der Waals surface area contributed by atoms with Crippen molar-refractivity contribution in [3.05, 3.63) is 69.9 Å². The lowest BCUT2D eigenvalue weighted by Gasteiger charge is -2.30. The van der Waals surface area contributed by atoms with Crippen molar-refractivity contribution in [3.63, 3.8) is 0 Å². The molecule has 184 valence electrons. The molecule has 0 aliphatic carbocycles. The average molecular weight is 496 g/mol. The van der Waals surface area contributed by atoms with Crippen molar-refractivity contribution in [1.82, 2.24) is 14.5 Å². The minimum Gasteiger partial charge on any atom is -0.473 e. The Morgan fingerprint density at radius 1 is 1.14 bits per heavy atom. The van der Waals surface area contributed by atoms with Gasteiger partial charge in [0.2, 0.25) is 5.88 Å². The predicted octanol–water partition coefficient (Wildman–Crippen LogP) is 3.87. The van der Waals surface area contributed by atoms with Gasteiger partial charge in [-0.1, -0.05) is 0 Å². The smallest absolute Gasteiger partial charge is 0.433 e. The molecule has 1 unspecified atom stereocenters. The molecule has 5 rings (SSSR count). The number of pyridine rings is 1. The molecule has 0 amide bonds. The number of anilines is 1. The van der Waals surface area contributed by atoms with Gasteiger partial charge < -0.3 is 19.1 Å². The molecule has 1 atom stereocenters. The van der Waals surface area contributed by atoms with Gasteiger partial charge in [0, 0.05) is 24.9 Å². The van der Waals surface area contributed by atoms with Gasteiger partial charge in [0.25, 0.3) is 0 Å². The van der Waals surface area contributed by atoms with Crippen molar-refractivity contribution in [3.8, 4) is 17.4 Å². The highest BCUT2D eigenvalue weighted by molar-refractivity contribution is 5.46. The summed E-state index contributed by atoms with van der Waals surface area (Å²) in [4.78, 5) is 21.3. The van der Waals surface area contributed by atoms with Gasteiger partial charge in [-0.2, -0.15) is 18.2 Å². The minimum absolute atomic E-state index is 0.0231. The molecule has 2 aromatic heterocycles. The van der Waals surface area contributed by atoms with E-state index < -0.39 is 40.7 Å². The monoisotopic (exact) mass is 496 g/mol. The Hall–Kier alpha value is -3.74. The Balaban J connectivity index is 1.31. The number of nitrogens with zero attached hydrogens (tertiary/aromatic N) is 4. The lowest BCUT2D eigenvalue weighted by Crippen LogP contribution is -2.40. The summed E-state index contributed by atoms with van der Waals surface area (Å²) < 4.78 is 85.1. The van der Waals surface area contributed by atoms with Gasteiger partial charge in [-0.25, -0.2) is 13.6 Å². The third-order valence-corrected chi connectivity index (χ3v) is 5.49. The molecule has 0 radical (unpaired) electrons. The van der Waals surface area contributed by atoms with Crippen molar-refractivity contribution < 1.29 is 36.2 Å². The summed E-state index contributed by atoms with van der Waals surface area (Å²) in [5.41, 5.74) is -1.74. The molecule has 0 saturated carbocycles. The van der Waals surface area contributed by atoms with Gasteiger partial charge in [0.05, 0.1) is 13.2 Å². The quantitative estimate of drug-likeness (QED) is 0.497. The number of fused-ring (bicyclic) bond motifs is 3. The van der Waals surface area contributed by atoms with Gasteiger partial charge in [-0.15, -0.1) is 0 Å². The van der Waals surface area contributed by atoms with Crippen LogP contribution in [-0.2, 0) is 24.1 Å². The molecule has 1 aromatic carbocycles. The highest BCUT2D eigenvalue weighted by Crippen LogP contribution is 2.34. The summed E-state index contributed by atoms with van der Waals surface area (Å²) in [5, 5.41) is 0. The Morgan fingerprint density at radius 2 is 1.91 bits per heavy atom. The van der Waals surface area contributed by atoms with Crippen LogP contribution in [-0.4, -0.2) is 33.9 Å². The molecule has 2 aliphatic rings. The molecule has 0 N–H and O–H groups in total. The lowest BCUT2D eigenvalue weighted by molar-refractivity contribution is -0.141. The number of aromatic nitrogens is 3. The fourth-order valence-corrected chi connectivity index (χ4v) is 3.91. The first-order chi connectivity index (χ1) is 16.7. The van der Waals surface area contributed by atoms with Crippen LogP contribution < -0.4 is 20.1 Å². The zero-order valence-corrected chi connectivity index (χ0v) is 17.9. The maximum atomic E-state index is 14.5. The largest absolute Gasteiger partial charge is 0.473 e. The molecule has 2 aliphatic heterocycles. The molecule has 4 heterocycles. The summed E-state index contributed by atoms with van der Waals surface area (Å²) in [6, 6.07) is 4.97. The van der Waals surface area contributed by atoms with E-state index in [9.17, 15) is 26.7 Å². The van der Waals surface area contributed by atoms with Crippen LogP contribution in [0.2, 0.25) is 0 Å². The average Bonchev–Trinajstić information content (AvgIpc) is 3.19. The van der Waals surface area contributed by atoms with Gasteiger partial charge in [0.15, 0.2) is 17.4 Å². The Labute approximate surface area is 194 Å². The Morgan fingerprint density at radius 3 is 2.66 bits per heavy atom. The molecule has 1 fully saturated rings. The van der Waals surface area contributed by atoms with E-state index in [-0.39, 0.29) is 24.3 Å². The second kappa shape index (κ2) is 8.80. The van der Waals surface area contributed by atoms with Crippen LogP contribution in [0.25, 0.3) is 0 Å². The molecule has 1 saturated heterocycles. The number of ether oxygens (including phenoxy) is 3. The summed E-state index contributed by atoms with van der Waals surface area (Å²) >= 11 is 0. The molecule has 35 heavy (non-hydrogen) atoms. The van der Waals surface area contributed by atoms with Crippen molar-refractivity contribution in [2.45, 2.75) is 32.0 Å². The molecular formula is C22H17F5N4O4. The maximum absolute atomic E-state index is 14.5. The SMILES string of the molecule is O=c1nc(OCc2cc(F)c(Oc3ccnc(C(F)(F)F)c3)c(F)c2)cc2n1CC1OCCCN21. The van der Waals surface area contributed by atoms with E-state index in [0.29, 0.717) is 31.6 Å². The number of hydrogen-bond acceptors (Lipinski definition) is 7. The van der Waals surface area contributed by atoms with Crippen LogP contribution in [0.15, 0.2) is 41.3 Å². The number of hydrogen-bond donors (Lipinski definition) is 0. The number of alkyl halides is 3. The first-order valence-corrected chi connectivity index (χ1v) is 10.5. The molecular weight excluding hydrogens is 479 g/mol. The highest BCUT2D eigenvalue weighted by atomic mass is 19.4. The normalized spacial score (nSPS) is 17.2. The van der Waals surface area contributed by atoms with Crippen LogP contribution in [0, 0.1) is 11.6 Å². The van der Waals surface area contributed by atoms with Crippen molar-refractivity contribution in [2.24, 2.45) is 0 Å². The van der Waals surface area contributed by atoms with E-state index in [1.807, 2.05) is 4.90 Å². The molecule has 8 nitrogen and oxygen atoms in total. The van der Waals surface area contributed by atoms with Crippen molar-refractivity contribution >= 4 is 5.82 Å². The summed E-state index contributed by atoms with van der Waals surface area (Å²) in [7, 11) is 0. The fourth-order valence-electron chi connectivity index (χ4n) is 3.91. The standard InChI is InChI=1S/C22H17F5N4O4/c23-14-6-12(7-15(24)20(14)35-13-2-3-28-16(8-13)22(25,26)27)11-34-17-9-18-30-4-1-5-33-19(30)10-31(18)21(32)29-17/h2-3,6-9,19H,1,4-5,10-11H2. The van der Waals surface area contributed by atoms with E-state index in [2.05, 4.69) is 9.97 Å². The van der Waals surface area contributed by atoms with E-state index in [1.54, 1.807) is 6.07 Å². The third-order valence-electron chi connectivity index (χ3n) is 5.49. The highest BCUT2D eigenvalue weighted by Gasteiger charge is 2.34. The van der Waals surface area contributed by atoms with E-state index in [1.165, 1.54) is 4.57 Å². The Bertz CT molecular complexity index is 1310. The van der Waals surface area contributed by atoms with Crippen molar-refractivity contribution in [1.29, 1.82) is 0 Å². The molecule has 0 bridgehead atoms. The van der Waals surface area contributed by atoms with Crippen LogP contribution in [0.4, 0.5) is 27.8 Å². The topological polar surface area (TPSA) is 78.7 Å². The molecule has 13 heteroatoms. The van der Waals surface area contributed by atoms with Crippen LogP contribution in [0.1, 0.15) is 17.7 Å². The van der Waals surface area contributed by atoms with E-state index in [4.69, 9.17) is 14.2 Å².